The van der Waals surface area contributed by atoms with E-state index in [2.05, 4.69) is 17.1 Å². The number of piperidine rings is 1. The van der Waals surface area contributed by atoms with Crippen molar-refractivity contribution in [3.63, 3.8) is 0 Å². The summed E-state index contributed by atoms with van der Waals surface area (Å²) in [4.78, 5) is 31.4. The second kappa shape index (κ2) is 8.14. The van der Waals surface area contributed by atoms with Crippen LogP contribution in [-0.4, -0.2) is 35.1 Å². The van der Waals surface area contributed by atoms with Gasteiger partial charge >= 0.3 is 5.97 Å². The van der Waals surface area contributed by atoms with Gasteiger partial charge < -0.3 is 15.3 Å². The van der Waals surface area contributed by atoms with Crippen molar-refractivity contribution < 1.29 is 14.7 Å². The molecule has 1 aliphatic heterocycles. The number of aromatic nitrogens is 1. The fourth-order valence-corrected chi connectivity index (χ4v) is 3.86. The maximum Gasteiger partial charge on any atom is 0.336 e. The van der Waals surface area contributed by atoms with Gasteiger partial charge in [-0.25, -0.2) is 9.78 Å². The summed E-state index contributed by atoms with van der Waals surface area (Å²) >= 11 is 0. The minimum Gasteiger partial charge on any atom is -0.478 e. The Balaban J connectivity index is 1.66. The summed E-state index contributed by atoms with van der Waals surface area (Å²) in [7, 11) is 0. The lowest BCUT2D eigenvalue weighted by atomic mass is 9.99. The molecule has 0 unspecified atom stereocenters. The number of carboxylic acid groups (broad SMARTS) is 1. The van der Waals surface area contributed by atoms with E-state index in [1.54, 1.807) is 30.3 Å². The van der Waals surface area contributed by atoms with Crippen LogP contribution in [0.1, 0.15) is 46.0 Å². The first kappa shape index (κ1) is 19.9. The lowest BCUT2D eigenvalue weighted by Crippen LogP contribution is -2.33. The van der Waals surface area contributed by atoms with Crippen LogP contribution in [0.4, 0.5) is 11.5 Å². The van der Waals surface area contributed by atoms with Crippen LogP contribution >= 0.6 is 0 Å². The van der Waals surface area contributed by atoms with Gasteiger partial charge in [-0.05, 0) is 62.1 Å². The molecular formula is C24H25N3O3. The second-order valence-corrected chi connectivity index (χ2v) is 8.06. The summed E-state index contributed by atoms with van der Waals surface area (Å²) < 4.78 is 0. The molecule has 6 nitrogen and oxygen atoms in total. The van der Waals surface area contributed by atoms with Crippen LogP contribution in [0.3, 0.4) is 0 Å². The van der Waals surface area contributed by atoms with Gasteiger partial charge in [-0.15, -0.1) is 0 Å². The number of anilines is 2. The molecule has 154 valence electrons. The van der Waals surface area contributed by atoms with Gasteiger partial charge in [-0.1, -0.05) is 24.6 Å². The van der Waals surface area contributed by atoms with Crippen LogP contribution in [0.15, 0.2) is 48.5 Å². The summed E-state index contributed by atoms with van der Waals surface area (Å²) in [5.41, 5.74) is 2.90. The van der Waals surface area contributed by atoms with E-state index in [9.17, 15) is 14.7 Å². The van der Waals surface area contributed by atoms with Crippen LogP contribution in [0.2, 0.25) is 0 Å². The predicted octanol–water partition coefficient (Wildman–Crippen LogP) is 4.73. The molecule has 1 saturated heterocycles. The van der Waals surface area contributed by atoms with Crippen molar-refractivity contribution in [2.24, 2.45) is 5.92 Å². The molecule has 0 atom stereocenters. The third kappa shape index (κ3) is 4.13. The molecule has 1 aromatic heterocycles. The number of rotatable bonds is 4. The smallest absolute Gasteiger partial charge is 0.336 e. The van der Waals surface area contributed by atoms with E-state index in [1.165, 1.54) is 0 Å². The van der Waals surface area contributed by atoms with Crippen molar-refractivity contribution >= 4 is 34.3 Å². The molecular weight excluding hydrogens is 378 g/mol. The van der Waals surface area contributed by atoms with E-state index in [0.29, 0.717) is 33.9 Å². The van der Waals surface area contributed by atoms with Crippen LogP contribution in [0.5, 0.6) is 0 Å². The quantitative estimate of drug-likeness (QED) is 0.658. The molecule has 2 heterocycles. The van der Waals surface area contributed by atoms with E-state index >= 15 is 0 Å². The van der Waals surface area contributed by atoms with Gasteiger partial charge in [0, 0.05) is 29.7 Å². The Morgan fingerprint density at radius 3 is 2.57 bits per heavy atom. The number of amides is 1. The molecule has 1 amide bonds. The molecule has 0 saturated carbocycles. The summed E-state index contributed by atoms with van der Waals surface area (Å²) in [6.07, 6.45) is 2.15. The van der Waals surface area contributed by atoms with Crippen molar-refractivity contribution in [2.45, 2.75) is 26.7 Å². The Hall–Kier alpha value is -3.41. The summed E-state index contributed by atoms with van der Waals surface area (Å²) in [5.74, 6) is 0.140. The number of aromatic carboxylic acids is 1. The average Bonchev–Trinajstić information content (AvgIpc) is 2.73. The van der Waals surface area contributed by atoms with Gasteiger partial charge in [-0.3, -0.25) is 4.79 Å². The van der Waals surface area contributed by atoms with E-state index in [1.807, 2.05) is 25.1 Å². The largest absolute Gasteiger partial charge is 0.478 e. The molecule has 2 N–H and O–H groups in total. The first-order valence-corrected chi connectivity index (χ1v) is 10.2. The van der Waals surface area contributed by atoms with E-state index in [4.69, 9.17) is 4.98 Å². The molecule has 0 bridgehead atoms. The number of carboxylic acids is 1. The average molecular weight is 403 g/mol. The van der Waals surface area contributed by atoms with Crippen LogP contribution in [0, 0.1) is 12.8 Å². The molecule has 1 aliphatic rings. The molecule has 0 radical (unpaired) electrons. The van der Waals surface area contributed by atoms with Gasteiger partial charge in [-0.2, -0.15) is 0 Å². The number of hydrogen-bond acceptors (Lipinski definition) is 4. The second-order valence-electron chi connectivity index (χ2n) is 8.06. The number of pyridine rings is 1. The third-order valence-electron chi connectivity index (χ3n) is 5.67. The maximum absolute atomic E-state index is 12.6. The zero-order chi connectivity index (χ0) is 21.3. The summed E-state index contributed by atoms with van der Waals surface area (Å²) in [6, 6.07) is 14.2. The first-order chi connectivity index (χ1) is 14.4. The van der Waals surface area contributed by atoms with E-state index in [0.717, 1.165) is 31.5 Å². The number of carbonyl (C=O) groups is 2. The van der Waals surface area contributed by atoms with Gasteiger partial charge in [0.25, 0.3) is 5.91 Å². The highest BCUT2D eigenvalue weighted by molar-refractivity contribution is 6.08. The third-order valence-corrected chi connectivity index (χ3v) is 5.67. The van der Waals surface area contributed by atoms with E-state index in [-0.39, 0.29) is 11.5 Å². The minimum absolute atomic E-state index is 0.195. The first-order valence-electron chi connectivity index (χ1n) is 10.2. The van der Waals surface area contributed by atoms with Gasteiger partial charge in [0.05, 0.1) is 11.1 Å². The number of fused-ring (bicyclic) bond motifs is 1. The van der Waals surface area contributed by atoms with Crippen LogP contribution < -0.4 is 10.2 Å². The van der Waals surface area contributed by atoms with Crippen molar-refractivity contribution in [1.82, 2.24) is 4.98 Å². The van der Waals surface area contributed by atoms with Crippen molar-refractivity contribution in [1.29, 1.82) is 0 Å². The molecule has 3 aromatic rings. The highest BCUT2D eigenvalue weighted by atomic mass is 16.4. The molecule has 0 spiro atoms. The highest BCUT2D eigenvalue weighted by Crippen LogP contribution is 2.28. The van der Waals surface area contributed by atoms with Crippen molar-refractivity contribution in [3.05, 3.63) is 65.2 Å². The van der Waals surface area contributed by atoms with Gasteiger partial charge in [0.15, 0.2) is 0 Å². The Morgan fingerprint density at radius 1 is 1.10 bits per heavy atom. The Kier molecular flexibility index (Phi) is 5.40. The normalized spacial score (nSPS) is 14.7. The van der Waals surface area contributed by atoms with Gasteiger partial charge in [0.1, 0.15) is 5.82 Å². The standard InChI is InChI=1S/C24H25N3O3/c1-15-8-10-27(11-9-15)22-14-20(24(29)30)19-13-18(6-7-21(19)26-22)25-23(28)17-5-3-4-16(2)12-17/h3-7,12-15H,8-11H2,1-2H3,(H,25,28)(H,29,30). The van der Waals surface area contributed by atoms with Crippen LogP contribution in [0.25, 0.3) is 10.9 Å². The fourth-order valence-electron chi connectivity index (χ4n) is 3.86. The number of aryl methyl sites for hydroxylation is 1. The van der Waals surface area contributed by atoms with Crippen molar-refractivity contribution in [3.8, 4) is 0 Å². The topological polar surface area (TPSA) is 82.5 Å². The summed E-state index contributed by atoms with van der Waals surface area (Å²) in [5, 5.41) is 13.2. The van der Waals surface area contributed by atoms with Crippen LogP contribution in [-0.2, 0) is 0 Å². The van der Waals surface area contributed by atoms with Gasteiger partial charge in [0.2, 0.25) is 0 Å². The SMILES string of the molecule is Cc1cccc(C(=O)Nc2ccc3nc(N4CCC(C)CC4)cc(C(=O)O)c3c2)c1. The number of carbonyl (C=O) groups excluding carboxylic acids is 1. The van der Waals surface area contributed by atoms with E-state index < -0.39 is 5.97 Å². The highest BCUT2D eigenvalue weighted by Gasteiger charge is 2.20. The maximum atomic E-state index is 12.6. The lowest BCUT2D eigenvalue weighted by molar-refractivity contribution is 0.0698. The number of nitrogens with one attached hydrogen (secondary N) is 1. The Bertz CT molecular complexity index is 1120. The Labute approximate surface area is 175 Å². The molecule has 1 fully saturated rings. The zero-order valence-corrected chi connectivity index (χ0v) is 17.2. The number of hydrogen-bond donors (Lipinski definition) is 2. The molecule has 2 aromatic carbocycles. The molecule has 6 heteroatoms. The lowest BCUT2D eigenvalue weighted by Gasteiger charge is -2.31. The molecule has 0 aliphatic carbocycles. The molecule has 4 rings (SSSR count). The summed E-state index contributed by atoms with van der Waals surface area (Å²) in [6.45, 7) is 5.92. The number of nitrogens with zero attached hydrogens (tertiary/aromatic N) is 2. The Morgan fingerprint density at radius 2 is 1.87 bits per heavy atom. The van der Waals surface area contributed by atoms with Crippen molar-refractivity contribution in [2.75, 3.05) is 23.3 Å². The number of benzene rings is 2. The monoisotopic (exact) mass is 403 g/mol. The zero-order valence-electron chi connectivity index (χ0n) is 17.2. The predicted molar refractivity (Wildman–Crippen MR) is 118 cm³/mol. The fraction of sp³-hybridized carbons (Fsp3) is 0.292. The minimum atomic E-state index is -1.00. The molecule has 30 heavy (non-hydrogen) atoms.